The normalized spacial score (nSPS) is 27.1. The van der Waals surface area contributed by atoms with Gasteiger partial charge in [-0.3, -0.25) is 20.2 Å². The highest BCUT2D eigenvalue weighted by Crippen LogP contribution is 2.51. The summed E-state index contributed by atoms with van der Waals surface area (Å²) in [4.78, 5) is 25.1. The summed E-state index contributed by atoms with van der Waals surface area (Å²) in [6.07, 6.45) is 0. The van der Waals surface area contributed by atoms with E-state index in [1.165, 1.54) is 7.11 Å². The second-order valence-corrected chi connectivity index (χ2v) is 8.32. The zero-order valence-electron chi connectivity index (χ0n) is 16.8. The Morgan fingerprint density at radius 1 is 1.30 bits per heavy atom. The maximum Gasteiger partial charge on any atom is 0.256 e. The van der Waals surface area contributed by atoms with Crippen LogP contribution in [0, 0.1) is 10.1 Å². The molecule has 2 aromatic rings. The molecule has 0 unspecified atom stereocenters. The van der Waals surface area contributed by atoms with Crippen molar-refractivity contribution in [2.75, 3.05) is 19.0 Å². The summed E-state index contributed by atoms with van der Waals surface area (Å²) in [6.45, 7) is 4.14. The number of carbonyl (C=O) groups excluding carboxylic acids is 1. The van der Waals surface area contributed by atoms with Crippen LogP contribution >= 0.6 is 15.9 Å². The van der Waals surface area contributed by atoms with Crippen LogP contribution in [0.5, 0.6) is 11.5 Å². The smallest absolute Gasteiger partial charge is 0.256 e. The molecule has 2 aromatic carbocycles. The number of hydrogen-bond acceptors (Lipinski definition) is 6. The predicted molar refractivity (Wildman–Crippen MR) is 115 cm³/mol. The molecule has 2 aliphatic rings. The number of halogens is 1. The molecule has 0 aromatic heterocycles. The lowest BCUT2D eigenvalue weighted by Gasteiger charge is -2.25. The summed E-state index contributed by atoms with van der Waals surface area (Å²) in [5, 5.41) is 18.5. The van der Waals surface area contributed by atoms with Crippen LogP contribution < -0.4 is 20.1 Å². The summed E-state index contributed by atoms with van der Waals surface area (Å²) in [6, 6.07) is 9.14. The van der Waals surface area contributed by atoms with Gasteiger partial charge in [0.25, 0.3) is 11.9 Å². The molecule has 1 spiro atoms. The van der Waals surface area contributed by atoms with Gasteiger partial charge in [-0.2, -0.15) is 0 Å². The maximum atomic E-state index is 13.1. The van der Waals surface area contributed by atoms with Crippen LogP contribution in [0.25, 0.3) is 0 Å². The van der Waals surface area contributed by atoms with E-state index in [1.807, 2.05) is 13.8 Å². The summed E-state index contributed by atoms with van der Waals surface area (Å²) >= 11 is 3.49. The minimum atomic E-state index is -1.44. The van der Waals surface area contributed by atoms with Gasteiger partial charge in [-0.15, -0.1) is 0 Å². The van der Waals surface area contributed by atoms with Crippen LogP contribution in [-0.4, -0.2) is 36.6 Å². The van der Waals surface area contributed by atoms with E-state index < -0.39 is 23.4 Å². The first-order valence-corrected chi connectivity index (χ1v) is 10.5. The van der Waals surface area contributed by atoms with Crippen molar-refractivity contribution in [1.29, 1.82) is 0 Å². The van der Waals surface area contributed by atoms with Gasteiger partial charge < -0.3 is 14.8 Å². The quantitative estimate of drug-likeness (QED) is 0.507. The van der Waals surface area contributed by atoms with E-state index in [9.17, 15) is 14.9 Å². The fourth-order valence-corrected chi connectivity index (χ4v) is 5.42. The number of fused-ring (bicyclic) bond motifs is 2. The van der Waals surface area contributed by atoms with E-state index in [1.54, 1.807) is 36.4 Å². The van der Waals surface area contributed by atoms with Gasteiger partial charge in [-0.1, -0.05) is 18.2 Å². The Morgan fingerprint density at radius 2 is 2.03 bits per heavy atom. The first-order valence-electron chi connectivity index (χ1n) is 9.67. The van der Waals surface area contributed by atoms with Gasteiger partial charge >= 0.3 is 0 Å². The van der Waals surface area contributed by atoms with Crippen molar-refractivity contribution >= 4 is 27.5 Å². The van der Waals surface area contributed by atoms with E-state index in [0.29, 0.717) is 39.4 Å². The number of ether oxygens (including phenoxy) is 2. The van der Waals surface area contributed by atoms with Crippen LogP contribution in [0.3, 0.4) is 0 Å². The van der Waals surface area contributed by atoms with Crippen LogP contribution in [0.15, 0.2) is 40.9 Å². The van der Waals surface area contributed by atoms with E-state index in [4.69, 9.17) is 9.47 Å². The molecule has 2 aliphatic heterocycles. The zero-order valence-corrected chi connectivity index (χ0v) is 18.4. The maximum absolute atomic E-state index is 13.1. The molecule has 0 radical (unpaired) electrons. The van der Waals surface area contributed by atoms with Crippen LogP contribution in [0.2, 0.25) is 0 Å². The number of para-hydroxylation sites is 1. The topological polar surface area (TPSA) is 103 Å². The molecular formula is C21H22BrN3O5. The highest BCUT2D eigenvalue weighted by atomic mass is 79.9. The molecule has 9 heteroatoms. The third-order valence-corrected chi connectivity index (χ3v) is 6.47. The zero-order chi connectivity index (χ0) is 21.6. The molecule has 0 bridgehead atoms. The average molecular weight is 476 g/mol. The minimum Gasteiger partial charge on any atom is -0.492 e. The summed E-state index contributed by atoms with van der Waals surface area (Å²) < 4.78 is 11.8. The number of benzene rings is 2. The average Bonchev–Trinajstić information content (AvgIpc) is 3.16. The lowest BCUT2D eigenvalue weighted by atomic mass is 9.78. The van der Waals surface area contributed by atoms with E-state index in [-0.39, 0.29) is 11.0 Å². The van der Waals surface area contributed by atoms with Crippen molar-refractivity contribution in [3.05, 3.63) is 62.1 Å². The number of amides is 1. The molecule has 1 saturated heterocycles. The number of carbonyl (C=O) groups is 1. The van der Waals surface area contributed by atoms with Gasteiger partial charge in [0.15, 0.2) is 17.0 Å². The fourth-order valence-electron chi connectivity index (χ4n) is 4.79. The first kappa shape index (κ1) is 20.6. The second kappa shape index (κ2) is 7.55. The summed E-state index contributed by atoms with van der Waals surface area (Å²) in [5.41, 5.74) is 0.452. The third-order valence-electron chi connectivity index (χ3n) is 5.88. The second-order valence-electron chi connectivity index (χ2n) is 7.46. The lowest BCUT2D eigenvalue weighted by molar-refractivity contribution is -0.532. The first-order chi connectivity index (χ1) is 14.3. The Labute approximate surface area is 182 Å². The van der Waals surface area contributed by atoms with Gasteiger partial charge in [0.05, 0.1) is 24.1 Å². The largest absolute Gasteiger partial charge is 0.492 e. The molecule has 1 amide bonds. The number of hydrogen-bond donors (Lipinski definition) is 2. The van der Waals surface area contributed by atoms with Gasteiger partial charge in [0, 0.05) is 22.2 Å². The predicted octanol–water partition coefficient (Wildman–Crippen LogP) is 3.42. The Balaban J connectivity index is 1.88. The Morgan fingerprint density at radius 3 is 2.70 bits per heavy atom. The van der Waals surface area contributed by atoms with E-state index in [0.717, 1.165) is 0 Å². The van der Waals surface area contributed by atoms with Crippen molar-refractivity contribution in [2.24, 2.45) is 0 Å². The molecule has 158 valence electrons. The molecule has 4 rings (SSSR count). The number of nitro groups is 1. The Hall–Kier alpha value is -2.65. The third kappa shape index (κ3) is 2.87. The number of methoxy groups -OCH3 is 1. The van der Waals surface area contributed by atoms with E-state index in [2.05, 4.69) is 26.6 Å². The lowest BCUT2D eigenvalue weighted by Crippen LogP contribution is -2.54. The van der Waals surface area contributed by atoms with Gasteiger partial charge in [0.1, 0.15) is 0 Å². The molecule has 0 aliphatic carbocycles. The molecule has 0 saturated carbocycles. The number of nitrogens with zero attached hydrogens (tertiary/aromatic N) is 1. The molecule has 8 nitrogen and oxygen atoms in total. The fraction of sp³-hybridized carbons (Fsp3) is 0.381. The number of nitrogens with one attached hydrogen (secondary N) is 2. The molecule has 4 atom stereocenters. The van der Waals surface area contributed by atoms with Crippen molar-refractivity contribution in [3.63, 3.8) is 0 Å². The van der Waals surface area contributed by atoms with Crippen molar-refractivity contribution in [2.45, 2.75) is 37.4 Å². The SMILES string of the molecule is CCOc1cc([C@@H]2[C@H](C)N[C@@]3(C(=O)Nc4ccccc43)[C@@H]2[N+](=O)[O-])cc(Br)c1OC. The highest BCUT2D eigenvalue weighted by Gasteiger charge is 2.67. The van der Waals surface area contributed by atoms with Crippen LogP contribution in [0.4, 0.5) is 5.69 Å². The van der Waals surface area contributed by atoms with Crippen LogP contribution in [0.1, 0.15) is 30.9 Å². The molecule has 30 heavy (non-hydrogen) atoms. The Bertz CT molecular complexity index is 1030. The van der Waals surface area contributed by atoms with Crippen LogP contribution in [-0.2, 0) is 10.3 Å². The number of anilines is 1. The minimum absolute atomic E-state index is 0.341. The van der Waals surface area contributed by atoms with Gasteiger partial charge in [-0.25, -0.2) is 0 Å². The molecule has 1 fully saturated rings. The van der Waals surface area contributed by atoms with E-state index >= 15 is 0 Å². The molecule has 2 N–H and O–H groups in total. The number of rotatable bonds is 5. The molecular weight excluding hydrogens is 454 g/mol. The van der Waals surface area contributed by atoms with Crippen molar-refractivity contribution in [3.8, 4) is 11.5 Å². The highest BCUT2D eigenvalue weighted by molar-refractivity contribution is 9.10. The monoisotopic (exact) mass is 475 g/mol. The Kier molecular flexibility index (Phi) is 5.19. The van der Waals surface area contributed by atoms with Gasteiger partial charge in [-0.05, 0) is 53.5 Å². The van der Waals surface area contributed by atoms with Crippen molar-refractivity contribution < 1.29 is 19.2 Å². The summed E-state index contributed by atoms with van der Waals surface area (Å²) in [7, 11) is 1.54. The summed E-state index contributed by atoms with van der Waals surface area (Å²) in [5.74, 6) is 0.0436. The van der Waals surface area contributed by atoms with Gasteiger partial charge in [0.2, 0.25) is 0 Å². The molecule has 2 heterocycles. The standard InChI is InChI=1S/C21H22BrN3O5/c1-4-30-16-10-12(9-14(22)18(16)29-3)17-11(2)24-21(19(17)25(27)28)13-7-5-6-8-15(13)23-20(21)26/h5-11,17,19,24H,4H2,1-3H3,(H,23,26)/t11-,17-,19+,21+/m0/s1. The van der Waals surface area contributed by atoms with Crippen molar-refractivity contribution in [1.82, 2.24) is 5.32 Å².